The van der Waals surface area contributed by atoms with Crippen LogP contribution in [0.4, 0.5) is 13.2 Å². The molecule has 2 heterocycles. The monoisotopic (exact) mass is 430 g/mol. The summed E-state index contributed by atoms with van der Waals surface area (Å²) in [5.74, 6) is -0.307. The number of halogens is 3. The van der Waals surface area contributed by atoms with Gasteiger partial charge in [0.15, 0.2) is 6.61 Å². The number of aromatic nitrogens is 3. The van der Waals surface area contributed by atoms with Gasteiger partial charge in [-0.25, -0.2) is 4.98 Å². The number of carbonyl (C=O) groups is 1. The van der Waals surface area contributed by atoms with Crippen LogP contribution < -0.4 is 4.74 Å². The molecule has 9 heteroatoms. The maximum Gasteiger partial charge on any atom is 0.422 e. The van der Waals surface area contributed by atoms with Gasteiger partial charge in [-0.2, -0.15) is 13.2 Å². The number of rotatable bonds is 6. The molecule has 1 fully saturated rings. The number of ether oxygens (including phenoxy) is 1. The fourth-order valence-corrected chi connectivity index (χ4v) is 3.51. The Morgan fingerprint density at radius 2 is 1.97 bits per heavy atom. The summed E-state index contributed by atoms with van der Waals surface area (Å²) in [4.78, 5) is 27.2. The number of alkyl halides is 3. The summed E-state index contributed by atoms with van der Waals surface area (Å²) in [6.07, 6.45) is -1.25. The Balaban J connectivity index is 1.38. The molecule has 162 valence electrons. The van der Waals surface area contributed by atoms with Crippen molar-refractivity contribution in [2.24, 2.45) is 5.92 Å². The van der Waals surface area contributed by atoms with Crippen molar-refractivity contribution in [3.8, 4) is 5.88 Å². The molecule has 1 amide bonds. The molecule has 3 atom stereocenters. The Morgan fingerprint density at radius 3 is 2.68 bits per heavy atom. The molecule has 4 rings (SSSR count). The molecular weight excluding hydrogens is 409 g/mol. The Hall–Kier alpha value is -3.23. The van der Waals surface area contributed by atoms with Crippen molar-refractivity contribution in [1.82, 2.24) is 19.9 Å². The van der Waals surface area contributed by atoms with Crippen LogP contribution in [0.2, 0.25) is 0 Å². The molecule has 2 aromatic heterocycles. The van der Waals surface area contributed by atoms with Crippen molar-refractivity contribution in [2.75, 3.05) is 13.7 Å². The lowest BCUT2D eigenvalue weighted by molar-refractivity contribution is -0.154. The first-order valence-corrected chi connectivity index (χ1v) is 9.87. The number of para-hydroxylation sites is 1. The first-order valence-electron chi connectivity index (χ1n) is 9.87. The Labute approximate surface area is 177 Å². The van der Waals surface area contributed by atoms with Crippen molar-refractivity contribution < 1.29 is 22.7 Å². The van der Waals surface area contributed by atoms with Crippen molar-refractivity contribution >= 4 is 16.8 Å². The van der Waals surface area contributed by atoms with E-state index in [1.807, 2.05) is 36.4 Å². The predicted octanol–water partition coefficient (Wildman–Crippen LogP) is 4.29. The molecule has 0 spiro atoms. The number of pyridine rings is 1. The van der Waals surface area contributed by atoms with E-state index in [1.54, 1.807) is 18.9 Å². The molecule has 1 aliphatic carbocycles. The number of carbonyl (C=O) groups excluding carboxylic acids is 1. The van der Waals surface area contributed by atoms with Crippen LogP contribution in [-0.2, 0) is 4.79 Å². The maximum absolute atomic E-state index is 12.9. The van der Waals surface area contributed by atoms with Gasteiger partial charge in [0.25, 0.3) is 0 Å². The van der Waals surface area contributed by atoms with Crippen LogP contribution in [0.1, 0.15) is 36.7 Å². The number of benzene rings is 1. The Kier molecular flexibility index (Phi) is 5.51. The van der Waals surface area contributed by atoms with Gasteiger partial charge in [0.2, 0.25) is 11.8 Å². The van der Waals surface area contributed by atoms with Crippen LogP contribution in [0.25, 0.3) is 10.9 Å². The molecule has 0 aliphatic heterocycles. The highest BCUT2D eigenvalue weighted by molar-refractivity contribution is 5.84. The summed E-state index contributed by atoms with van der Waals surface area (Å²) >= 11 is 0. The van der Waals surface area contributed by atoms with Crippen molar-refractivity contribution in [1.29, 1.82) is 0 Å². The number of fused-ring (bicyclic) bond motifs is 1. The van der Waals surface area contributed by atoms with E-state index in [4.69, 9.17) is 0 Å². The zero-order valence-corrected chi connectivity index (χ0v) is 17.0. The van der Waals surface area contributed by atoms with Crippen molar-refractivity contribution in [3.05, 3.63) is 60.2 Å². The average molecular weight is 430 g/mol. The quantitative estimate of drug-likeness (QED) is 0.584. The second kappa shape index (κ2) is 8.13. The molecule has 0 radical (unpaired) electrons. The molecule has 1 saturated carbocycles. The second-order valence-corrected chi connectivity index (χ2v) is 7.69. The van der Waals surface area contributed by atoms with Crippen molar-refractivity contribution in [3.63, 3.8) is 0 Å². The van der Waals surface area contributed by atoms with Gasteiger partial charge in [0.1, 0.15) is 0 Å². The summed E-state index contributed by atoms with van der Waals surface area (Å²) in [7, 11) is 1.69. The SMILES string of the molecule is C[C@H](c1cnc(OCC(F)(F)F)cn1)N(C)C(=O)C1CC1c1ccc2ccccc2n1. The molecule has 31 heavy (non-hydrogen) atoms. The molecule has 0 saturated heterocycles. The minimum Gasteiger partial charge on any atom is -0.467 e. The van der Waals surface area contributed by atoms with Gasteiger partial charge in [-0.3, -0.25) is 14.8 Å². The van der Waals surface area contributed by atoms with Crippen LogP contribution in [0, 0.1) is 5.92 Å². The number of hydrogen-bond acceptors (Lipinski definition) is 5. The van der Waals surface area contributed by atoms with Gasteiger partial charge in [0, 0.05) is 30.0 Å². The average Bonchev–Trinajstić information content (AvgIpc) is 3.56. The summed E-state index contributed by atoms with van der Waals surface area (Å²) < 4.78 is 41.3. The van der Waals surface area contributed by atoms with E-state index < -0.39 is 12.8 Å². The first kappa shape index (κ1) is 21.0. The third-order valence-corrected chi connectivity index (χ3v) is 5.50. The Morgan fingerprint density at radius 1 is 1.19 bits per heavy atom. The van der Waals surface area contributed by atoms with E-state index in [9.17, 15) is 18.0 Å². The number of amides is 1. The summed E-state index contributed by atoms with van der Waals surface area (Å²) in [5.41, 5.74) is 2.28. The van der Waals surface area contributed by atoms with Crippen LogP contribution in [0.3, 0.4) is 0 Å². The Bertz CT molecular complexity index is 1090. The van der Waals surface area contributed by atoms with E-state index in [1.165, 1.54) is 6.20 Å². The second-order valence-electron chi connectivity index (χ2n) is 7.69. The molecule has 1 aliphatic rings. The highest BCUT2D eigenvalue weighted by atomic mass is 19.4. The molecule has 2 unspecified atom stereocenters. The molecule has 0 N–H and O–H groups in total. The van der Waals surface area contributed by atoms with Crippen molar-refractivity contribution in [2.45, 2.75) is 31.5 Å². The first-order chi connectivity index (χ1) is 14.7. The van der Waals surface area contributed by atoms with Crippen LogP contribution in [-0.4, -0.2) is 45.6 Å². The van der Waals surface area contributed by atoms with Gasteiger partial charge in [-0.1, -0.05) is 24.3 Å². The van der Waals surface area contributed by atoms with E-state index >= 15 is 0 Å². The zero-order chi connectivity index (χ0) is 22.2. The fourth-order valence-electron chi connectivity index (χ4n) is 3.51. The van der Waals surface area contributed by atoms with Crippen LogP contribution in [0.15, 0.2) is 48.8 Å². The van der Waals surface area contributed by atoms with E-state index in [2.05, 4.69) is 19.7 Å². The predicted molar refractivity (Wildman–Crippen MR) is 107 cm³/mol. The summed E-state index contributed by atoms with van der Waals surface area (Å²) in [6.45, 7) is 0.366. The number of hydrogen-bond donors (Lipinski definition) is 0. The lowest BCUT2D eigenvalue weighted by Crippen LogP contribution is -2.31. The highest BCUT2D eigenvalue weighted by Gasteiger charge is 2.47. The molecular formula is C22H21F3N4O2. The van der Waals surface area contributed by atoms with Gasteiger partial charge >= 0.3 is 6.18 Å². The van der Waals surface area contributed by atoms with E-state index in [-0.39, 0.29) is 29.7 Å². The van der Waals surface area contributed by atoms with E-state index in [0.29, 0.717) is 5.69 Å². The maximum atomic E-state index is 12.9. The van der Waals surface area contributed by atoms with Crippen LogP contribution >= 0.6 is 0 Å². The fraction of sp³-hybridized carbons (Fsp3) is 0.364. The third kappa shape index (κ3) is 4.76. The van der Waals surface area contributed by atoms with Gasteiger partial charge in [-0.05, 0) is 25.5 Å². The topological polar surface area (TPSA) is 68.2 Å². The normalized spacial score (nSPS) is 19.1. The minimum absolute atomic E-state index is 0.0216. The summed E-state index contributed by atoms with van der Waals surface area (Å²) in [6, 6.07) is 11.4. The molecule has 3 aromatic rings. The smallest absolute Gasteiger partial charge is 0.422 e. The summed E-state index contributed by atoms with van der Waals surface area (Å²) in [5, 5.41) is 1.06. The van der Waals surface area contributed by atoms with Gasteiger partial charge in [0.05, 0.1) is 29.6 Å². The van der Waals surface area contributed by atoms with E-state index in [0.717, 1.165) is 29.2 Å². The largest absolute Gasteiger partial charge is 0.467 e. The van der Waals surface area contributed by atoms with Gasteiger partial charge < -0.3 is 9.64 Å². The van der Waals surface area contributed by atoms with Gasteiger partial charge in [-0.15, -0.1) is 0 Å². The zero-order valence-electron chi connectivity index (χ0n) is 17.0. The lowest BCUT2D eigenvalue weighted by atomic mass is 10.1. The molecule has 6 nitrogen and oxygen atoms in total. The standard InChI is InChI=1S/C22H21F3N4O2/c1-13(19-10-27-20(11-26-19)31-12-22(23,24)25)29(2)21(30)16-9-15(16)18-8-7-14-5-3-4-6-17(14)28-18/h3-8,10-11,13,15-16H,9,12H2,1-2H3/t13-,15?,16?/m1/s1. The highest BCUT2D eigenvalue weighted by Crippen LogP contribution is 2.48. The number of nitrogens with zero attached hydrogens (tertiary/aromatic N) is 4. The third-order valence-electron chi connectivity index (χ3n) is 5.50. The van der Waals surface area contributed by atoms with Crippen LogP contribution in [0.5, 0.6) is 5.88 Å². The lowest BCUT2D eigenvalue weighted by Gasteiger charge is -2.24. The molecule has 1 aromatic carbocycles. The minimum atomic E-state index is -4.44. The molecule has 0 bridgehead atoms.